The Morgan fingerprint density at radius 1 is 1.31 bits per heavy atom. The van der Waals surface area contributed by atoms with E-state index in [4.69, 9.17) is 0 Å². The third-order valence-corrected chi connectivity index (χ3v) is 5.90. The smallest absolute Gasteiger partial charge is 0.271 e. The summed E-state index contributed by atoms with van der Waals surface area (Å²) < 4.78 is 2.21. The highest BCUT2D eigenvalue weighted by Crippen LogP contribution is 2.53. The van der Waals surface area contributed by atoms with Gasteiger partial charge in [-0.1, -0.05) is 18.2 Å². The zero-order chi connectivity index (χ0) is 17.6. The molecule has 3 aliphatic heterocycles. The van der Waals surface area contributed by atoms with E-state index >= 15 is 0 Å². The number of nitrogens with one attached hydrogen (secondary N) is 1. The van der Waals surface area contributed by atoms with Crippen LogP contribution in [0, 0.1) is 6.08 Å². The fourth-order valence-corrected chi connectivity index (χ4v) is 4.91. The van der Waals surface area contributed by atoms with Gasteiger partial charge in [-0.3, -0.25) is 9.69 Å². The number of fused-ring (bicyclic) bond motifs is 8. The van der Waals surface area contributed by atoms with Gasteiger partial charge in [0.25, 0.3) is 5.91 Å². The second-order valence-corrected chi connectivity index (χ2v) is 7.12. The lowest BCUT2D eigenvalue weighted by Crippen LogP contribution is -2.32. The summed E-state index contributed by atoms with van der Waals surface area (Å²) in [5, 5.41) is 14.4. The number of hydrogen-bond acceptors (Lipinski definition) is 3. The number of nitrogens with zero attached hydrogens (tertiary/aromatic N) is 2. The lowest BCUT2D eigenvalue weighted by molar-refractivity contribution is -0.119. The Labute approximate surface area is 150 Å². The normalized spacial score (nSPS) is 25.3. The molecular formula is C21H16N3O2+. The molecule has 0 spiro atoms. The first-order valence-corrected chi connectivity index (χ1v) is 8.76. The number of benzene rings is 1. The van der Waals surface area contributed by atoms with Crippen LogP contribution in [-0.2, 0) is 11.8 Å². The van der Waals surface area contributed by atoms with E-state index in [0.717, 1.165) is 34.3 Å². The van der Waals surface area contributed by atoms with Crippen molar-refractivity contribution in [1.82, 2.24) is 14.8 Å². The minimum atomic E-state index is -0.986. The zero-order valence-corrected chi connectivity index (χ0v) is 14.2. The van der Waals surface area contributed by atoms with E-state index in [2.05, 4.69) is 46.1 Å². The molecule has 26 heavy (non-hydrogen) atoms. The Bertz CT molecular complexity index is 1150. The van der Waals surface area contributed by atoms with E-state index in [1.807, 2.05) is 24.3 Å². The average molecular weight is 342 g/mol. The van der Waals surface area contributed by atoms with Crippen LogP contribution in [0.25, 0.3) is 16.5 Å². The number of rotatable bonds is 0. The summed E-state index contributed by atoms with van der Waals surface area (Å²) in [5.41, 5.74) is 6.73. The van der Waals surface area contributed by atoms with Crippen molar-refractivity contribution in [3.05, 3.63) is 76.8 Å². The van der Waals surface area contributed by atoms with Crippen LogP contribution in [0.2, 0.25) is 0 Å². The molecule has 0 saturated heterocycles. The molecule has 5 heteroatoms. The van der Waals surface area contributed by atoms with Crippen LogP contribution in [0.3, 0.4) is 0 Å². The molecule has 1 aliphatic carbocycles. The summed E-state index contributed by atoms with van der Waals surface area (Å²) in [4.78, 5) is 14.8. The summed E-state index contributed by atoms with van der Waals surface area (Å²) >= 11 is 0. The van der Waals surface area contributed by atoms with E-state index in [1.54, 1.807) is 0 Å². The quantitative estimate of drug-likeness (QED) is 0.722. The van der Waals surface area contributed by atoms with Gasteiger partial charge in [0.2, 0.25) is 0 Å². The van der Waals surface area contributed by atoms with Crippen LogP contribution in [-0.4, -0.2) is 26.7 Å². The summed E-state index contributed by atoms with van der Waals surface area (Å²) in [7, 11) is 2.07. The minimum Gasteiger partial charge on any atom is -0.369 e. The van der Waals surface area contributed by atoms with E-state index in [0.29, 0.717) is 11.3 Å². The number of aliphatic hydroxyl groups is 1. The maximum atomic E-state index is 12.7. The topological polar surface area (TPSA) is 57.5 Å². The molecule has 1 aromatic heterocycles. The number of allylic oxidation sites excluding steroid dienone is 4. The van der Waals surface area contributed by atoms with Crippen LogP contribution >= 0.6 is 0 Å². The Balaban J connectivity index is 1.74. The molecule has 5 nitrogen and oxygen atoms in total. The van der Waals surface area contributed by atoms with Crippen molar-refractivity contribution < 1.29 is 9.90 Å². The molecule has 4 heterocycles. The Morgan fingerprint density at radius 3 is 3.04 bits per heavy atom. The van der Waals surface area contributed by atoms with Gasteiger partial charge in [-0.25, -0.2) is 0 Å². The second kappa shape index (κ2) is 4.52. The highest BCUT2D eigenvalue weighted by molar-refractivity contribution is 6.11. The third kappa shape index (κ3) is 1.47. The first-order chi connectivity index (χ1) is 12.7. The van der Waals surface area contributed by atoms with Crippen LogP contribution in [0.1, 0.15) is 23.7 Å². The van der Waals surface area contributed by atoms with E-state index < -0.39 is 6.23 Å². The van der Waals surface area contributed by atoms with E-state index in [-0.39, 0.29) is 11.9 Å². The molecule has 0 fully saturated rings. The first kappa shape index (κ1) is 14.1. The highest BCUT2D eigenvalue weighted by atomic mass is 16.3. The molecule has 1 aromatic carbocycles. The van der Waals surface area contributed by atoms with Gasteiger partial charge in [0.05, 0.1) is 23.4 Å². The molecule has 0 saturated carbocycles. The van der Waals surface area contributed by atoms with Gasteiger partial charge in [0, 0.05) is 41.6 Å². The van der Waals surface area contributed by atoms with Gasteiger partial charge in [-0.2, -0.15) is 0 Å². The Hall–Kier alpha value is -3.14. The van der Waals surface area contributed by atoms with Crippen LogP contribution < -0.4 is 5.32 Å². The second-order valence-electron chi connectivity index (χ2n) is 7.12. The van der Waals surface area contributed by atoms with Gasteiger partial charge in [-0.05, 0) is 6.07 Å². The van der Waals surface area contributed by atoms with Crippen molar-refractivity contribution in [2.24, 2.45) is 7.05 Å². The van der Waals surface area contributed by atoms with Crippen molar-refractivity contribution in [1.29, 1.82) is 0 Å². The predicted octanol–water partition coefficient (Wildman–Crippen LogP) is 2.28. The van der Waals surface area contributed by atoms with Crippen LogP contribution in [0.4, 0.5) is 0 Å². The fourth-order valence-electron chi connectivity index (χ4n) is 4.91. The number of para-hydroxylation sites is 1. The van der Waals surface area contributed by atoms with Gasteiger partial charge in [0.1, 0.15) is 17.8 Å². The van der Waals surface area contributed by atoms with Gasteiger partial charge in [0.15, 0.2) is 11.9 Å². The van der Waals surface area contributed by atoms with Crippen molar-refractivity contribution in [2.45, 2.75) is 18.7 Å². The maximum absolute atomic E-state index is 12.7. The van der Waals surface area contributed by atoms with Crippen LogP contribution in [0.5, 0.6) is 0 Å². The number of hydrogen-bond donors (Lipinski definition) is 2. The number of carbonyl (C=O) groups is 1. The monoisotopic (exact) mass is 342 g/mol. The molecule has 0 bridgehead atoms. The minimum absolute atomic E-state index is 0.0444. The van der Waals surface area contributed by atoms with Crippen molar-refractivity contribution >= 4 is 22.4 Å². The third-order valence-electron chi connectivity index (χ3n) is 5.90. The maximum Gasteiger partial charge on any atom is 0.271 e. The molecule has 6 rings (SSSR count). The molecule has 4 aliphatic rings. The van der Waals surface area contributed by atoms with Gasteiger partial charge in [-0.15, -0.1) is 0 Å². The largest absolute Gasteiger partial charge is 0.369 e. The SMILES string of the molecule is Cn1c2c(c3ccccc31)C1=C(C(=O)NC1O)N1C3=C(C=C[C+]=C3)CC21. The molecular weight excluding hydrogens is 326 g/mol. The average Bonchev–Trinajstić information content (AvgIpc) is 3.26. The van der Waals surface area contributed by atoms with E-state index in [1.165, 1.54) is 5.57 Å². The molecule has 2 N–H and O–H groups in total. The predicted molar refractivity (Wildman–Crippen MR) is 97.2 cm³/mol. The number of aliphatic hydroxyl groups excluding tert-OH is 1. The summed E-state index contributed by atoms with van der Waals surface area (Å²) in [6.07, 6.45) is 8.90. The fraction of sp³-hybridized carbons (Fsp3) is 0.190. The van der Waals surface area contributed by atoms with Crippen LogP contribution in [0.15, 0.2) is 59.5 Å². The Morgan fingerprint density at radius 2 is 2.15 bits per heavy atom. The van der Waals surface area contributed by atoms with Gasteiger partial charge >= 0.3 is 0 Å². The van der Waals surface area contributed by atoms with Crippen molar-refractivity contribution in [3.8, 4) is 0 Å². The molecule has 0 radical (unpaired) electrons. The molecule has 2 atom stereocenters. The highest BCUT2D eigenvalue weighted by Gasteiger charge is 2.51. The number of amides is 1. The molecule has 126 valence electrons. The number of aromatic nitrogens is 1. The number of carbonyl (C=O) groups excluding carboxylic acids is 1. The number of aryl methyl sites for hydroxylation is 1. The molecule has 1 amide bonds. The van der Waals surface area contributed by atoms with Crippen molar-refractivity contribution in [2.75, 3.05) is 0 Å². The van der Waals surface area contributed by atoms with Crippen molar-refractivity contribution in [3.63, 3.8) is 0 Å². The zero-order valence-electron chi connectivity index (χ0n) is 14.2. The van der Waals surface area contributed by atoms with E-state index in [9.17, 15) is 9.90 Å². The summed E-state index contributed by atoms with van der Waals surface area (Å²) in [5.74, 6) is -0.215. The first-order valence-electron chi connectivity index (χ1n) is 8.76. The molecule has 2 aromatic rings. The standard InChI is InChI=1S/C21H15N3O2/c1-23-14-9-5-3-7-12(14)16-17-19(21(26)22-20(17)25)24-13-8-4-2-6-11(13)10-15(24)18(16)23/h2-3,5-9,15,20,25H,10H2,1H3/p+1. The summed E-state index contributed by atoms with van der Waals surface area (Å²) in [6.45, 7) is 0. The summed E-state index contributed by atoms with van der Waals surface area (Å²) in [6, 6.07) is 8.23. The Kier molecular flexibility index (Phi) is 2.45. The van der Waals surface area contributed by atoms with Gasteiger partial charge < -0.3 is 15.0 Å². The molecule has 2 unspecified atom stereocenters. The lowest BCUT2D eigenvalue weighted by Gasteiger charge is -2.31. The lowest BCUT2D eigenvalue weighted by atomic mass is 9.91.